The number of carbonyl (C=O) groups is 2. The zero-order valence-electron chi connectivity index (χ0n) is 10.5. The minimum atomic E-state index is -1.02. The quantitative estimate of drug-likeness (QED) is 0.670. The normalized spacial score (nSPS) is 11.2. The lowest BCUT2D eigenvalue weighted by atomic mass is 10.2. The van der Waals surface area contributed by atoms with E-state index < -0.39 is 5.97 Å². The smallest absolute Gasteiger partial charge is 0.322 e. The van der Waals surface area contributed by atoms with Gasteiger partial charge in [-0.15, -0.1) is 0 Å². The van der Waals surface area contributed by atoms with Gasteiger partial charge in [0, 0.05) is 12.6 Å². The van der Waals surface area contributed by atoms with Crippen molar-refractivity contribution in [2.24, 2.45) is 5.92 Å². The van der Waals surface area contributed by atoms with Crippen molar-refractivity contribution in [3.05, 3.63) is 0 Å². The standard InChI is InChI=1S/C11H22N2O3/c1-8(2)6-13(9(3)4)7-10(14)12-5-11(15)16/h8-9H,5-7H2,1-4H3,(H,12,14)(H,15,16). The number of aliphatic carboxylic acids is 1. The Labute approximate surface area is 96.8 Å². The summed E-state index contributed by atoms with van der Waals surface area (Å²) in [5.41, 5.74) is 0. The number of amides is 1. The first-order valence-electron chi connectivity index (χ1n) is 5.55. The van der Waals surface area contributed by atoms with E-state index in [-0.39, 0.29) is 25.0 Å². The highest BCUT2D eigenvalue weighted by molar-refractivity contribution is 5.82. The van der Waals surface area contributed by atoms with Crippen LogP contribution in [0.4, 0.5) is 0 Å². The van der Waals surface area contributed by atoms with Crippen LogP contribution in [0.3, 0.4) is 0 Å². The Balaban J connectivity index is 4.08. The molecule has 0 rings (SSSR count). The molecule has 0 aromatic heterocycles. The van der Waals surface area contributed by atoms with Crippen LogP contribution in [-0.4, -0.2) is 47.6 Å². The fourth-order valence-electron chi connectivity index (χ4n) is 1.34. The lowest BCUT2D eigenvalue weighted by Crippen LogP contribution is -2.43. The topological polar surface area (TPSA) is 69.6 Å². The summed E-state index contributed by atoms with van der Waals surface area (Å²) in [5.74, 6) is -0.778. The molecule has 2 N–H and O–H groups in total. The summed E-state index contributed by atoms with van der Waals surface area (Å²) in [6.45, 7) is 8.99. The van der Waals surface area contributed by atoms with Crippen molar-refractivity contribution in [1.29, 1.82) is 0 Å². The van der Waals surface area contributed by atoms with Gasteiger partial charge in [-0.3, -0.25) is 14.5 Å². The number of nitrogens with one attached hydrogen (secondary N) is 1. The second-order valence-corrected chi connectivity index (χ2v) is 4.59. The molecule has 16 heavy (non-hydrogen) atoms. The maximum Gasteiger partial charge on any atom is 0.322 e. The molecule has 0 aliphatic carbocycles. The van der Waals surface area contributed by atoms with Gasteiger partial charge in [-0.1, -0.05) is 13.8 Å². The number of carboxylic acids is 1. The predicted octanol–water partition coefficient (Wildman–Crippen LogP) is 0.554. The number of rotatable bonds is 7. The Kier molecular flexibility index (Phi) is 6.72. The van der Waals surface area contributed by atoms with E-state index in [1.54, 1.807) is 0 Å². The van der Waals surface area contributed by atoms with Crippen molar-refractivity contribution in [3.8, 4) is 0 Å². The predicted molar refractivity (Wildman–Crippen MR) is 62.2 cm³/mol. The largest absolute Gasteiger partial charge is 0.480 e. The highest BCUT2D eigenvalue weighted by atomic mass is 16.4. The molecular formula is C11H22N2O3. The molecule has 0 aromatic carbocycles. The third-order valence-electron chi connectivity index (χ3n) is 2.11. The summed E-state index contributed by atoms with van der Waals surface area (Å²) in [6.07, 6.45) is 0. The van der Waals surface area contributed by atoms with E-state index in [2.05, 4.69) is 19.2 Å². The molecule has 0 unspecified atom stereocenters. The van der Waals surface area contributed by atoms with Crippen LogP contribution in [0, 0.1) is 5.92 Å². The molecule has 0 radical (unpaired) electrons. The molecule has 94 valence electrons. The fourth-order valence-corrected chi connectivity index (χ4v) is 1.34. The first kappa shape index (κ1) is 14.9. The molecule has 0 atom stereocenters. The number of carbonyl (C=O) groups excluding carboxylic acids is 1. The molecule has 0 saturated heterocycles. The average Bonchev–Trinajstić information content (AvgIpc) is 2.12. The lowest BCUT2D eigenvalue weighted by Gasteiger charge is -2.27. The summed E-state index contributed by atoms with van der Waals surface area (Å²) in [5, 5.41) is 10.8. The Hall–Kier alpha value is -1.10. The molecular weight excluding hydrogens is 208 g/mol. The second-order valence-electron chi connectivity index (χ2n) is 4.59. The fraction of sp³-hybridized carbons (Fsp3) is 0.818. The molecule has 0 heterocycles. The van der Waals surface area contributed by atoms with Crippen molar-refractivity contribution < 1.29 is 14.7 Å². The van der Waals surface area contributed by atoms with Gasteiger partial charge in [0.25, 0.3) is 0 Å². The molecule has 1 amide bonds. The van der Waals surface area contributed by atoms with Crippen molar-refractivity contribution in [2.75, 3.05) is 19.6 Å². The second kappa shape index (κ2) is 7.22. The summed E-state index contributed by atoms with van der Waals surface area (Å²) in [6, 6.07) is 0.276. The third kappa shape index (κ3) is 7.23. The zero-order valence-corrected chi connectivity index (χ0v) is 10.5. The van der Waals surface area contributed by atoms with Crippen LogP contribution >= 0.6 is 0 Å². The monoisotopic (exact) mass is 230 g/mol. The van der Waals surface area contributed by atoms with Gasteiger partial charge < -0.3 is 10.4 Å². The van der Waals surface area contributed by atoms with E-state index in [4.69, 9.17) is 5.11 Å². The Morgan fingerprint density at radius 1 is 1.25 bits per heavy atom. The van der Waals surface area contributed by atoms with Crippen LogP contribution in [0.2, 0.25) is 0 Å². The van der Waals surface area contributed by atoms with Gasteiger partial charge in [-0.25, -0.2) is 0 Å². The number of nitrogens with zero attached hydrogens (tertiary/aromatic N) is 1. The summed E-state index contributed by atoms with van der Waals surface area (Å²) >= 11 is 0. The van der Waals surface area contributed by atoms with Crippen molar-refractivity contribution in [3.63, 3.8) is 0 Å². The minimum absolute atomic E-state index is 0.239. The van der Waals surface area contributed by atoms with E-state index in [1.807, 2.05) is 18.7 Å². The van der Waals surface area contributed by atoms with Crippen molar-refractivity contribution in [2.45, 2.75) is 33.7 Å². The summed E-state index contributed by atoms with van der Waals surface area (Å²) in [4.78, 5) is 23.7. The van der Waals surface area contributed by atoms with Crippen molar-refractivity contribution in [1.82, 2.24) is 10.2 Å². The van der Waals surface area contributed by atoms with Crippen LogP contribution in [0.15, 0.2) is 0 Å². The molecule has 0 aliphatic rings. The lowest BCUT2D eigenvalue weighted by molar-refractivity contribution is -0.138. The molecule has 0 fully saturated rings. The van der Waals surface area contributed by atoms with Gasteiger partial charge in [0.2, 0.25) is 5.91 Å². The Bertz CT molecular complexity index is 239. The van der Waals surface area contributed by atoms with Gasteiger partial charge >= 0.3 is 5.97 Å². The number of carboxylic acid groups (broad SMARTS) is 1. The molecule has 0 aromatic rings. The SMILES string of the molecule is CC(C)CN(CC(=O)NCC(=O)O)C(C)C. The van der Waals surface area contributed by atoms with Crippen LogP contribution in [0.25, 0.3) is 0 Å². The van der Waals surface area contributed by atoms with E-state index >= 15 is 0 Å². The first-order chi connectivity index (χ1) is 7.32. The molecule has 5 nitrogen and oxygen atoms in total. The minimum Gasteiger partial charge on any atom is -0.480 e. The molecule has 5 heteroatoms. The van der Waals surface area contributed by atoms with Crippen molar-refractivity contribution >= 4 is 11.9 Å². The average molecular weight is 230 g/mol. The maximum atomic E-state index is 11.4. The zero-order chi connectivity index (χ0) is 12.7. The van der Waals surface area contributed by atoms with E-state index in [0.29, 0.717) is 5.92 Å². The molecule has 0 spiro atoms. The van der Waals surface area contributed by atoms with Crippen LogP contribution in [0.1, 0.15) is 27.7 Å². The molecule has 0 aliphatic heterocycles. The van der Waals surface area contributed by atoms with Crippen LogP contribution in [0.5, 0.6) is 0 Å². The van der Waals surface area contributed by atoms with Gasteiger partial charge in [-0.05, 0) is 19.8 Å². The third-order valence-corrected chi connectivity index (χ3v) is 2.11. The number of hydrogen-bond acceptors (Lipinski definition) is 3. The van der Waals surface area contributed by atoms with E-state index in [9.17, 15) is 9.59 Å². The van der Waals surface area contributed by atoms with Crippen LogP contribution < -0.4 is 5.32 Å². The highest BCUT2D eigenvalue weighted by Gasteiger charge is 2.15. The van der Waals surface area contributed by atoms with E-state index in [0.717, 1.165) is 6.54 Å². The summed E-state index contributed by atoms with van der Waals surface area (Å²) in [7, 11) is 0. The Morgan fingerprint density at radius 2 is 1.81 bits per heavy atom. The van der Waals surface area contributed by atoms with Gasteiger partial charge in [0.1, 0.15) is 6.54 Å². The molecule has 0 bridgehead atoms. The molecule has 0 saturated carbocycles. The first-order valence-corrected chi connectivity index (χ1v) is 5.55. The van der Waals surface area contributed by atoms with Gasteiger partial charge in [0.05, 0.1) is 6.54 Å². The summed E-state index contributed by atoms with van der Waals surface area (Å²) < 4.78 is 0. The van der Waals surface area contributed by atoms with Crippen LogP contribution in [-0.2, 0) is 9.59 Å². The van der Waals surface area contributed by atoms with Gasteiger partial charge in [-0.2, -0.15) is 0 Å². The van der Waals surface area contributed by atoms with Gasteiger partial charge in [0.15, 0.2) is 0 Å². The Morgan fingerprint density at radius 3 is 2.19 bits per heavy atom. The van der Waals surface area contributed by atoms with E-state index in [1.165, 1.54) is 0 Å². The maximum absolute atomic E-state index is 11.4. The highest BCUT2D eigenvalue weighted by Crippen LogP contribution is 2.03. The number of hydrogen-bond donors (Lipinski definition) is 2.